The van der Waals surface area contributed by atoms with Crippen LogP contribution in [0, 0.1) is 11.3 Å². The summed E-state index contributed by atoms with van der Waals surface area (Å²) >= 11 is 0. The van der Waals surface area contributed by atoms with Crippen molar-refractivity contribution in [1.82, 2.24) is 29.6 Å². The number of aromatic nitrogens is 2. The van der Waals surface area contributed by atoms with Gasteiger partial charge in [0.25, 0.3) is 17.4 Å². The van der Waals surface area contributed by atoms with Crippen LogP contribution in [0.2, 0.25) is 0 Å². The third-order valence-corrected chi connectivity index (χ3v) is 12.7. The first kappa shape index (κ1) is 35.2. The predicted octanol–water partition coefficient (Wildman–Crippen LogP) is 4.03. The number of carbonyl (C=O) groups excluding carboxylic acids is 4. The van der Waals surface area contributed by atoms with E-state index in [1.807, 2.05) is 29.2 Å². The Hall–Kier alpha value is -5.56. The van der Waals surface area contributed by atoms with Crippen molar-refractivity contribution in [3.05, 3.63) is 87.1 Å². The molecule has 284 valence electrons. The minimum absolute atomic E-state index is 0.108. The molecule has 55 heavy (non-hydrogen) atoms. The molecule has 2 aromatic heterocycles. The largest absolute Gasteiger partial charge is 0.496 e. The fourth-order valence-electron chi connectivity index (χ4n) is 9.71. The molecule has 1 atom stereocenters. The zero-order valence-corrected chi connectivity index (χ0v) is 31.4. The van der Waals surface area contributed by atoms with E-state index in [0.29, 0.717) is 60.0 Å². The van der Waals surface area contributed by atoms with Gasteiger partial charge in [-0.1, -0.05) is 6.07 Å². The van der Waals surface area contributed by atoms with Crippen molar-refractivity contribution in [2.45, 2.75) is 64.2 Å². The highest BCUT2D eigenvalue weighted by Gasteiger charge is 2.48. The summed E-state index contributed by atoms with van der Waals surface area (Å²) in [6.45, 7) is 4.45. The molecule has 4 aromatic rings. The number of imide groups is 1. The maximum absolute atomic E-state index is 14.0. The fourth-order valence-corrected chi connectivity index (χ4v) is 9.71. The molecule has 0 radical (unpaired) electrons. The number of pyridine rings is 2. The van der Waals surface area contributed by atoms with E-state index in [1.165, 1.54) is 15.7 Å². The zero-order valence-electron chi connectivity index (χ0n) is 31.4. The van der Waals surface area contributed by atoms with Gasteiger partial charge >= 0.3 is 0 Å². The Morgan fingerprint density at radius 2 is 1.60 bits per heavy atom. The Bertz CT molecular complexity index is 2330. The minimum Gasteiger partial charge on any atom is -0.496 e. The second kappa shape index (κ2) is 13.3. The molecule has 1 aliphatic carbocycles. The third-order valence-electron chi connectivity index (χ3n) is 12.7. The predicted molar refractivity (Wildman–Crippen MR) is 202 cm³/mol. The molecule has 5 aliphatic rings. The lowest BCUT2D eigenvalue weighted by atomic mass is 9.65. The summed E-state index contributed by atoms with van der Waals surface area (Å²) in [6.07, 6.45) is 9.99. The number of benzene rings is 2. The van der Waals surface area contributed by atoms with Crippen molar-refractivity contribution in [3.63, 3.8) is 0 Å². The summed E-state index contributed by atoms with van der Waals surface area (Å²) in [4.78, 5) is 74.4. The van der Waals surface area contributed by atoms with Gasteiger partial charge in [0.05, 0.1) is 19.6 Å². The van der Waals surface area contributed by atoms with Gasteiger partial charge in [-0.15, -0.1) is 0 Å². The maximum atomic E-state index is 14.0. The van der Waals surface area contributed by atoms with Gasteiger partial charge in [0.15, 0.2) is 0 Å². The third kappa shape index (κ3) is 5.96. The summed E-state index contributed by atoms with van der Waals surface area (Å²) < 4.78 is 13.1. The molecular formula is C42H44N6O7. The van der Waals surface area contributed by atoms with E-state index in [-0.39, 0.29) is 41.0 Å². The van der Waals surface area contributed by atoms with Crippen LogP contribution < -0.4 is 20.3 Å². The Kier molecular flexibility index (Phi) is 8.52. The quantitative estimate of drug-likeness (QED) is 0.278. The number of aryl methyl sites for hydroxylation is 1. The molecule has 3 fully saturated rings. The van der Waals surface area contributed by atoms with E-state index < -0.39 is 6.04 Å². The summed E-state index contributed by atoms with van der Waals surface area (Å²) in [5.74, 6) is 0.515. The Morgan fingerprint density at radius 1 is 0.891 bits per heavy atom. The molecule has 1 unspecified atom stereocenters. The van der Waals surface area contributed by atoms with Gasteiger partial charge in [0.2, 0.25) is 11.8 Å². The lowest BCUT2D eigenvalue weighted by Gasteiger charge is -2.53. The Morgan fingerprint density at radius 3 is 2.29 bits per heavy atom. The molecule has 13 nitrogen and oxygen atoms in total. The highest BCUT2D eigenvalue weighted by Crippen LogP contribution is 2.48. The summed E-state index contributed by atoms with van der Waals surface area (Å²) in [6, 6.07) is 9.07. The molecule has 4 amide bonds. The van der Waals surface area contributed by atoms with Gasteiger partial charge in [-0.3, -0.25) is 39.2 Å². The van der Waals surface area contributed by atoms with Crippen LogP contribution in [0.15, 0.2) is 53.7 Å². The minimum atomic E-state index is -0.601. The van der Waals surface area contributed by atoms with Crippen LogP contribution in [0.25, 0.3) is 21.9 Å². The van der Waals surface area contributed by atoms with E-state index in [1.54, 1.807) is 44.8 Å². The number of carbonyl (C=O) groups is 4. The second-order valence-electron chi connectivity index (χ2n) is 16.1. The van der Waals surface area contributed by atoms with Crippen molar-refractivity contribution in [2.75, 3.05) is 33.9 Å². The Balaban J connectivity index is 0.820. The first-order chi connectivity index (χ1) is 26.5. The normalized spacial score (nSPS) is 20.8. The SMILES string of the molecule is COc1cc(-c2cn(C)c(=O)c3cnccc23)cc(OC)c1C(=O)N1CC2(CCC(CN3Cc4cc5c(cc4C3)C(=O)N(C3CCC(=O)NC3=O)C5)CC2)C1. The Labute approximate surface area is 318 Å². The van der Waals surface area contributed by atoms with Gasteiger partial charge in [-0.25, -0.2) is 0 Å². The van der Waals surface area contributed by atoms with Crippen LogP contribution >= 0.6 is 0 Å². The number of piperidine rings is 1. The van der Waals surface area contributed by atoms with E-state index in [4.69, 9.17) is 9.47 Å². The average Bonchev–Trinajstić information content (AvgIpc) is 3.72. The van der Waals surface area contributed by atoms with Crippen molar-refractivity contribution in [3.8, 4) is 22.6 Å². The molecule has 9 rings (SSSR count). The lowest BCUT2D eigenvalue weighted by Crippen LogP contribution is -2.59. The summed E-state index contributed by atoms with van der Waals surface area (Å²) in [5, 5.41) is 3.65. The molecule has 2 saturated heterocycles. The van der Waals surface area contributed by atoms with Crippen LogP contribution in [-0.2, 0) is 36.3 Å². The van der Waals surface area contributed by atoms with Crippen LogP contribution in [0.4, 0.5) is 0 Å². The highest BCUT2D eigenvalue weighted by molar-refractivity contribution is 6.06. The number of amides is 4. The fraction of sp³-hybridized carbons (Fsp3) is 0.429. The number of rotatable bonds is 7. The number of ether oxygens (including phenoxy) is 2. The molecule has 4 aliphatic heterocycles. The average molecular weight is 745 g/mol. The van der Waals surface area contributed by atoms with Crippen LogP contribution in [0.3, 0.4) is 0 Å². The van der Waals surface area contributed by atoms with Crippen molar-refractivity contribution < 1.29 is 28.7 Å². The van der Waals surface area contributed by atoms with Crippen molar-refractivity contribution in [1.29, 1.82) is 0 Å². The zero-order chi connectivity index (χ0) is 38.2. The first-order valence-corrected chi connectivity index (χ1v) is 19.1. The standard InChI is InChI=1S/C42H44N6O7/c1-45-21-32(29-8-11-43-16-31(29)39(45)51)25-14-34(54-2)37(35(15-25)55-3)41(53)47-22-42(23-47)9-6-24(7-10-42)17-46-18-26-12-28-20-48(33-4-5-36(49)44-38(33)50)40(52)30(28)13-27(26)19-46/h8,11-16,21,24,33H,4-7,9-10,17-20,22-23H2,1-3H3,(H,44,49,50). The number of nitrogens with zero attached hydrogens (tertiary/aromatic N) is 5. The van der Waals surface area contributed by atoms with E-state index >= 15 is 0 Å². The smallest absolute Gasteiger partial charge is 0.261 e. The number of fused-ring (bicyclic) bond motifs is 3. The molecular weight excluding hydrogens is 700 g/mol. The van der Waals surface area contributed by atoms with E-state index in [2.05, 4.69) is 21.3 Å². The number of nitrogens with one attached hydrogen (secondary N) is 1. The molecule has 6 heterocycles. The lowest BCUT2D eigenvalue weighted by molar-refractivity contribution is -0.136. The number of likely N-dealkylation sites (tertiary alicyclic amines) is 1. The summed E-state index contributed by atoms with van der Waals surface area (Å²) in [5.41, 5.74) is 6.03. The topological polar surface area (TPSA) is 143 Å². The highest BCUT2D eigenvalue weighted by atomic mass is 16.5. The second-order valence-corrected chi connectivity index (χ2v) is 16.1. The molecule has 1 spiro atoms. The summed E-state index contributed by atoms with van der Waals surface area (Å²) in [7, 11) is 4.82. The van der Waals surface area contributed by atoms with Gasteiger partial charge in [-0.2, -0.15) is 0 Å². The molecule has 2 aromatic carbocycles. The number of hydrogen-bond donors (Lipinski definition) is 1. The molecule has 0 bridgehead atoms. The van der Waals surface area contributed by atoms with E-state index in [0.717, 1.165) is 67.4 Å². The van der Waals surface area contributed by atoms with Gasteiger partial charge in [0.1, 0.15) is 23.1 Å². The number of hydrogen-bond acceptors (Lipinski definition) is 9. The van der Waals surface area contributed by atoms with Crippen molar-refractivity contribution in [2.24, 2.45) is 18.4 Å². The van der Waals surface area contributed by atoms with Crippen molar-refractivity contribution >= 4 is 34.4 Å². The van der Waals surface area contributed by atoms with Crippen LogP contribution in [-0.4, -0.2) is 87.8 Å². The van der Waals surface area contributed by atoms with Crippen LogP contribution in [0.5, 0.6) is 11.5 Å². The molecule has 13 heteroatoms. The first-order valence-electron chi connectivity index (χ1n) is 19.1. The van der Waals surface area contributed by atoms with Gasteiger partial charge in [0, 0.05) is 87.9 Å². The van der Waals surface area contributed by atoms with E-state index in [9.17, 15) is 24.0 Å². The number of methoxy groups -OCH3 is 2. The van der Waals surface area contributed by atoms with Gasteiger partial charge < -0.3 is 23.8 Å². The monoisotopic (exact) mass is 744 g/mol. The maximum Gasteiger partial charge on any atom is 0.261 e. The van der Waals surface area contributed by atoms with Gasteiger partial charge in [-0.05, 0) is 89.9 Å². The molecule has 1 saturated carbocycles. The van der Waals surface area contributed by atoms with Crippen LogP contribution in [0.1, 0.15) is 75.9 Å². The molecule has 1 N–H and O–H groups in total.